The molecule has 1 fully saturated rings. The van der Waals surface area contributed by atoms with Crippen molar-refractivity contribution in [3.8, 4) is 0 Å². The van der Waals surface area contributed by atoms with Crippen LogP contribution in [0.15, 0.2) is 6.20 Å². The van der Waals surface area contributed by atoms with Crippen molar-refractivity contribution in [2.24, 2.45) is 0 Å². The average Bonchev–Trinajstić information content (AvgIpc) is 2.54. The van der Waals surface area contributed by atoms with Crippen molar-refractivity contribution in [2.45, 2.75) is 26.8 Å². The Hall–Kier alpha value is -1.62. The van der Waals surface area contributed by atoms with E-state index in [2.05, 4.69) is 15.2 Å². The highest BCUT2D eigenvalue weighted by molar-refractivity contribution is 5.78. The fraction of sp³-hybridized carbons (Fsp3) is 0.538. The zero-order chi connectivity index (χ0) is 13.1. The van der Waals surface area contributed by atoms with E-state index in [0.717, 1.165) is 42.0 Å². The van der Waals surface area contributed by atoms with Crippen molar-refractivity contribution in [2.75, 3.05) is 25.4 Å². The maximum Gasteiger partial charge on any atom is 0.234 e. The predicted octanol–water partition coefficient (Wildman–Crippen LogP) is 0.603. The van der Waals surface area contributed by atoms with E-state index in [4.69, 9.17) is 5.73 Å². The van der Waals surface area contributed by atoms with Crippen LogP contribution in [0.2, 0.25) is 0 Å². The molecule has 0 spiro atoms. The number of nitrogens with one attached hydrogen (secondary N) is 1. The Bertz CT molecular complexity index is 459. The van der Waals surface area contributed by atoms with Crippen LogP contribution in [0, 0.1) is 13.8 Å². The number of rotatable bonds is 2. The molecule has 0 saturated carbocycles. The summed E-state index contributed by atoms with van der Waals surface area (Å²) in [4.78, 5) is 18.0. The summed E-state index contributed by atoms with van der Waals surface area (Å²) in [5.74, 6) is 0.0882. The molecule has 1 amide bonds. The van der Waals surface area contributed by atoms with Crippen molar-refractivity contribution in [1.29, 1.82) is 0 Å². The molecule has 98 valence electrons. The minimum absolute atomic E-state index is 0.0882. The lowest BCUT2D eigenvalue weighted by molar-refractivity contribution is -0.121. The van der Waals surface area contributed by atoms with Crippen LogP contribution in [0.3, 0.4) is 0 Å². The largest absolute Gasteiger partial charge is 0.398 e. The third-order valence-electron chi connectivity index (χ3n) is 3.39. The van der Waals surface area contributed by atoms with Crippen LogP contribution in [0.1, 0.15) is 23.2 Å². The fourth-order valence-electron chi connectivity index (χ4n) is 2.17. The van der Waals surface area contributed by atoms with Crippen LogP contribution in [0.25, 0.3) is 0 Å². The van der Waals surface area contributed by atoms with Crippen LogP contribution >= 0.6 is 0 Å². The molecule has 2 rings (SSSR count). The van der Waals surface area contributed by atoms with Gasteiger partial charge in [0.25, 0.3) is 0 Å². The van der Waals surface area contributed by atoms with Gasteiger partial charge in [0.2, 0.25) is 5.91 Å². The summed E-state index contributed by atoms with van der Waals surface area (Å²) in [6, 6.07) is 0. The first kappa shape index (κ1) is 12.8. The molecule has 0 atom stereocenters. The van der Waals surface area contributed by atoms with Gasteiger partial charge in [0.05, 0.1) is 12.2 Å². The first-order valence-electron chi connectivity index (χ1n) is 6.27. The van der Waals surface area contributed by atoms with Gasteiger partial charge in [-0.05, 0) is 31.4 Å². The summed E-state index contributed by atoms with van der Waals surface area (Å²) in [5, 5.41) is 2.87. The Morgan fingerprint density at radius 3 is 3.06 bits per heavy atom. The maximum absolute atomic E-state index is 11.5. The number of hydrogen-bond donors (Lipinski definition) is 2. The molecule has 1 saturated heterocycles. The Kier molecular flexibility index (Phi) is 3.81. The summed E-state index contributed by atoms with van der Waals surface area (Å²) >= 11 is 0. The van der Waals surface area contributed by atoms with Crippen LogP contribution in [-0.4, -0.2) is 35.4 Å². The topological polar surface area (TPSA) is 71.2 Å². The van der Waals surface area contributed by atoms with Gasteiger partial charge in [-0.15, -0.1) is 0 Å². The molecule has 0 unspecified atom stereocenters. The van der Waals surface area contributed by atoms with Gasteiger partial charge >= 0.3 is 0 Å². The predicted molar refractivity (Wildman–Crippen MR) is 71.0 cm³/mol. The summed E-state index contributed by atoms with van der Waals surface area (Å²) in [7, 11) is 0. The fourth-order valence-corrected chi connectivity index (χ4v) is 2.17. The second-order valence-corrected chi connectivity index (χ2v) is 4.84. The lowest BCUT2D eigenvalue weighted by Gasteiger charge is -2.19. The molecule has 0 aliphatic carbocycles. The third-order valence-corrected chi connectivity index (χ3v) is 3.39. The lowest BCUT2D eigenvalue weighted by Crippen LogP contribution is -2.33. The Labute approximate surface area is 107 Å². The molecule has 18 heavy (non-hydrogen) atoms. The highest BCUT2D eigenvalue weighted by atomic mass is 16.2. The lowest BCUT2D eigenvalue weighted by atomic mass is 10.1. The molecule has 5 nitrogen and oxygen atoms in total. The van der Waals surface area contributed by atoms with E-state index in [0.29, 0.717) is 13.1 Å². The van der Waals surface area contributed by atoms with Gasteiger partial charge in [-0.2, -0.15) is 0 Å². The standard InChI is InChI=1S/C13H20N4O/c1-9-6-16-11(10(2)13(9)14)7-17-5-3-4-15-12(18)8-17/h6H,3-5,7-8H2,1-2H3,(H2,14,16)(H,15,18). The molecule has 0 radical (unpaired) electrons. The minimum Gasteiger partial charge on any atom is -0.398 e. The molecule has 3 N–H and O–H groups in total. The summed E-state index contributed by atoms with van der Waals surface area (Å²) < 4.78 is 0. The van der Waals surface area contributed by atoms with E-state index in [1.54, 1.807) is 6.20 Å². The highest BCUT2D eigenvalue weighted by Gasteiger charge is 2.16. The molecule has 0 aromatic carbocycles. The van der Waals surface area contributed by atoms with Crippen molar-refractivity contribution >= 4 is 11.6 Å². The molecule has 1 aliphatic rings. The van der Waals surface area contributed by atoms with Crippen LogP contribution in [0.5, 0.6) is 0 Å². The number of aryl methyl sites for hydroxylation is 1. The highest BCUT2D eigenvalue weighted by Crippen LogP contribution is 2.19. The van der Waals surface area contributed by atoms with E-state index in [9.17, 15) is 4.79 Å². The van der Waals surface area contributed by atoms with E-state index in [1.165, 1.54) is 0 Å². The number of amides is 1. The molecule has 0 bridgehead atoms. The van der Waals surface area contributed by atoms with E-state index in [1.807, 2.05) is 13.8 Å². The number of carbonyl (C=O) groups is 1. The number of aromatic nitrogens is 1. The van der Waals surface area contributed by atoms with Crippen LogP contribution in [-0.2, 0) is 11.3 Å². The number of nitrogens with two attached hydrogens (primary N) is 1. The smallest absolute Gasteiger partial charge is 0.234 e. The number of anilines is 1. The van der Waals surface area contributed by atoms with Gasteiger partial charge in [-0.3, -0.25) is 14.7 Å². The molecular weight excluding hydrogens is 228 g/mol. The van der Waals surface area contributed by atoms with E-state index in [-0.39, 0.29) is 5.91 Å². The Morgan fingerprint density at radius 2 is 2.28 bits per heavy atom. The minimum atomic E-state index is 0.0882. The Balaban J connectivity index is 2.13. The monoisotopic (exact) mass is 248 g/mol. The van der Waals surface area contributed by atoms with Crippen molar-refractivity contribution in [3.05, 3.63) is 23.0 Å². The summed E-state index contributed by atoms with van der Waals surface area (Å²) in [6.45, 7) is 6.74. The molecule has 1 aromatic heterocycles. The molecule has 2 heterocycles. The third kappa shape index (κ3) is 2.79. The second kappa shape index (κ2) is 5.35. The quantitative estimate of drug-likeness (QED) is 0.804. The van der Waals surface area contributed by atoms with Crippen molar-refractivity contribution in [3.63, 3.8) is 0 Å². The SMILES string of the molecule is Cc1cnc(CN2CCCNC(=O)C2)c(C)c1N. The van der Waals surface area contributed by atoms with Gasteiger partial charge in [-0.1, -0.05) is 0 Å². The average molecular weight is 248 g/mol. The molecule has 1 aromatic rings. The van der Waals surface area contributed by atoms with Crippen molar-refractivity contribution in [1.82, 2.24) is 15.2 Å². The first-order valence-corrected chi connectivity index (χ1v) is 6.27. The number of nitrogens with zero attached hydrogens (tertiary/aromatic N) is 2. The number of carbonyl (C=O) groups excluding carboxylic acids is 1. The van der Waals surface area contributed by atoms with Crippen molar-refractivity contribution < 1.29 is 4.79 Å². The van der Waals surface area contributed by atoms with Gasteiger partial charge in [0, 0.05) is 31.5 Å². The first-order chi connectivity index (χ1) is 8.58. The zero-order valence-corrected chi connectivity index (χ0v) is 11.0. The second-order valence-electron chi connectivity index (χ2n) is 4.84. The maximum atomic E-state index is 11.5. The zero-order valence-electron chi connectivity index (χ0n) is 11.0. The normalized spacial score (nSPS) is 17.3. The Morgan fingerprint density at radius 1 is 1.50 bits per heavy atom. The summed E-state index contributed by atoms with van der Waals surface area (Å²) in [5.41, 5.74) is 9.81. The van der Waals surface area contributed by atoms with Gasteiger partial charge in [-0.25, -0.2) is 0 Å². The van der Waals surface area contributed by atoms with Gasteiger partial charge in [0.1, 0.15) is 0 Å². The van der Waals surface area contributed by atoms with Crippen LogP contribution < -0.4 is 11.1 Å². The van der Waals surface area contributed by atoms with Gasteiger partial charge < -0.3 is 11.1 Å². The number of hydrogen-bond acceptors (Lipinski definition) is 4. The number of pyridine rings is 1. The van der Waals surface area contributed by atoms with Crippen LogP contribution in [0.4, 0.5) is 5.69 Å². The van der Waals surface area contributed by atoms with E-state index < -0.39 is 0 Å². The molecular formula is C13H20N4O. The number of nitrogen functional groups attached to an aromatic ring is 1. The van der Waals surface area contributed by atoms with E-state index >= 15 is 0 Å². The van der Waals surface area contributed by atoms with Gasteiger partial charge in [0.15, 0.2) is 0 Å². The summed E-state index contributed by atoms with van der Waals surface area (Å²) in [6.07, 6.45) is 2.78. The molecule has 5 heteroatoms. The molecule has 1 aliphatic heterocycles.